The Morgan fingerprint density at radius 2 is 1.92 bits per heavy atom. The Kier molecular flexibility index (Phi) is 2.77. The summed E-state index contributed by atoms with van der Waals surface area (Å²) in [7, 11) is 0. The van der Waals surface area contributed by atoms with Crippen LogP contribution in [0.4, 0.5) is 0 Å². The van der Waals surface area contributed by atoms with Crippen molar-refractivity contribution in [2.75, 3.05) is 0 Å². The number of rotatable bonds is 2. The summed E-state index contributed by atoms with van der Waals surface area (Å²) in [4.78, 5) is 0. The maximum atomic E-state index is 10.1. The van der Waals surface area contributed by atoms with Crippen molar-refractivity contribution in [3.63, 3.8) is 0 Å². The third-order valence-electron chi connectivity index (χ3n) is 2.87. The highest BCUT2D eigenvalue weighted by Gasteiger charge is 2.22. The van der Waals surface area contributed by atoms with Crippen LogP contribution in [0.2, 0.25) is 0 Å². The van der Waals surface area contributed by atoms with Gasteiger partial charge in [-0.15, -0.1) is 0 Å². The number of aryl methyl sites for hydroxylation is 1. The maximum absolute atomic E-state index is 10.1. The zero-order valence-electron chi connectivity index (χ0n) is 8.89. The molecule has 1 rings (SSSR count). The highest BCUT2D eigenvalue weighted by Crippen LogP contribution is 2.28. The summed E-state index contributed by atoms with van der Waals surface area (Å²) in [6, 6.07) is 6.08. The van der Waals surface area contributed by atoms with Gasteiger partial charge in [-0.2, -0.15) is 0 Å². The Bertz CT molecular complexity index is 300. The largest absolute Gasteiger partial charge is 0.385 e. The average molecular weight is 178 g/mol. The summed E-state index contributed by atoms with van der Waals surface area (Å²) in [5.74, 6) is 0. The van der Waals surface area contributed by atoms with E-state index in [1.54, 1.807) is 0 Å². The van der Waals surface area contributed by atoms with Gasteiger partial charge in [0.1, 0.15) is 0 Å². The molecule has 0 saturated carbocycles. The lowest BCUT2D eigenvalue weighted by Gasteiger charge is -2.24. The average Bonchev–Trinajstić information content (AvgIpc) is 2.09. The molecule has 0 saturated heterocycles. The van der Waals surface area contributed by atoms with Gasteiger partial charge in [-0.1, -0.05) is 25.1 Å². The minimum absolute atomic E-state index is 0.684. The Morgan fingerprint density at radius 3 is 2.46 bits per heavy atom. The van der Waals surface area contributed by atoms with E-state index in [0.717, 1.165) is 12.0 Å². The van der Waals surface area contributed by atoms with Gasteiger partial charge in [0.05, 0.1) is 5.60 Å². The molecule has 0 amide bonds. The lowest BCUT2D eigenvalue weighted by Crippen LogP contribution is -2.21. The van der Waals surface area contributed by atoms with Gasteiger partial charge in [0.25, 0.3) is 0 Å². The number of hydrogen-bond donors (Lipinski definition) is 1. The summed E-state index contributed by atoms with van der Waals surface area (Å²) in [6.07, 6.45) is 0.747. The van der Waals surface area contributed by atoms with Crippen molar-refractivity contribution < 1.29 is 5.11 Å². The van der Waals surface area contributed by atoms with E-state index in [-0.39, 0.29) is 0 Å². The zero-order valence-corrected chi connectivity index (χ0v) is 8.89. The fourth-order valence-corrected chi connectivity index (χ4v) is 1.53. The van der Waals surface area contributed by atoms with Crippen molar-refractivity contribution in [2.24, 2.45) is 0 Å². The summed E-state index contributed by atoms with van der Waals surface area (Å²) in [5.41, 5.74) is 2.81. The molecule has 0 aliphatic carbocycles. The molecule has 0 aliphatic heterocycles. The summed E-state index contributed by atoms with van der Waals surface area (Å²) >= 11 is 0. The van der Waals surface area contributed by atoms with Crippen LogP contribution in [-0.2, 0) is 5.60 Å². The smallest absolute Gasteiger partial charge is 0.0868 e. The minimum atomic E-state index is -0.684. The van der Waals surface area contributed by atoms with Crippen molar-refractivity contribution in [3.8, 4) is 0 Å². The molecule has 1 nitrogen and oxygen atoms in total. The molecule has 13 heavy (non-hydrogen) atoms. The predicted octanol–water partition coefficient (Wildman–Crippen LogP) is 2.92. The molecule has 0 bridgehead atoms. The molecule has 1 N–H and O–H groups in total. The quantitative estimate of drug-likeness (QED) is 0.738. The standard InChI is InChI=1S/C12H18O/c1-5-12(4,13)11-8-6-7-9(2)10(11)3/h6-8,13H,5H2,1-4H3. The Balaban J connectivity index is 3.22. The topological polar surface area (TPSA) is 20.2 Å². The second kappa shape index (κ2) is 3.51. The Labute approximate surface area is 80.4 Å². The van der Waals surface area contributed by atoms with Gasteiger partial charge < -0.3 is 5.11 Å². The van der Waals surface area contributed by atoms with Crippen LogP contribution in [0, 0.1) is 13.8 Å². The zero-order chi connectivity index (χ0) is 10.1. The first kappa shape index (κ1) is 10.3. The van der Waals surface area contributed by atoms with E-state index in [4.69, 9.17) is 0 Å². The van der Waals surface area contributed by atoms with E-state index in [1.165, 1.54) is 11.1 Å². The lowest BCUT2D eigenvalue weighted by molar-refractivity contribution is 0.0524. The molecule has 0 spiro atoms. The van der Waals surface area contributed by atoms with Crippen molar-refractivity contribution in [1.82, 2.24) is 0 Å². The van der Waals surface area contributed by atoms with Crippen LogP contribution in [0.5, 0.6) is 0 Å². The van der Waals surface area contributed by atoms with E-state index in [0.29, 0.717) is 0 Å². The van der Waals surface area contributed by atoms with E-state index in [2.05, 4.69) is 19.9 Å². The van der Waals surface area contributed by atoms with Crippen LogP contribution in [0.25, 0.3) is 0 Å². The van der Waals surface area contributed by atoms with Crippen LogP contribution in [-0.4, -0.2) is 5.11 Å². The van der Waals surface area contributed by atoms with Gasteiger partial charge >= 0.3 is 0 Å². The first-order valence-corrected chi connectivity index (χ1v) is 4.78. The third kappa shape index (κ3) is 1.92. The van der Waals surface area contributed by atoms with Crippen LogP contribution in [0.1, 0.15) is 37.0 Å². The molecule has 1 heteroatoms. The predicted molar refractivity (Wildman–Crippen MR) is 55.8 cm³/mol. The van der Waals surface area contributed by atoms with Gasteiger partial charge in [0.2, 0.25) is 0 Å². The van der Waals surface area contributed by atoms with E-state index in [1.807, 2.05) is 26.0 Å². The molecule has 1 aromatic rings. The molecule has 1 unspecified atom stereocenters. The van der Waals surface area contributed by atoms with E-state index >= 15 is 0 Å². The van der Waals surface area contributed by atoms with Crippen molar-refractivity contribution >= 4 is 0 Å². The monoisotopic (exact) mass is 178 g/mol. The molecule has 1 atom stereocenters. The summed E-state index contributed by atoms with van der Waals surface area (Å²) in [5, 5.41) is 10.1. The van der Waals surface area contributed by atoms with Crippen LogP contribution < -0.4 is 0 Å². The maximum Gasteiger partial charge on any atom is 0.0868 e. The molecule has 1 aromatic carbocycles. The number of benzene rings is 1. The molecule has 72 valence electrons. The Morgan fingerprint density at radius 1 is 1.31 bits per heavy atom. The van der Waals surface area contributed by atoms with Gasteiger partial charge in [0.15, 0.2) is 0 Å². The van der Waals surface area contributed by atoms with Crippen molar-refractivity contribution in [3.05, 3.63) is 34.9 Å². The highest BCUT2D eigenvalue weighted by molar-refractivity contribution is 5.36. The van der Waals surface area contributed by atoms with Crippen LogP contribution >= 0.6 is 0 Å². The second-order valence-electron chi connectivity index (χ2n) is 3.87. The van der Waals surface area contributed by atoms with Crippen LogP contribution in [0.15, 0.2) is 18.2 Å². The summed E-state index contributed by atoms with van der Waals surface area (Å²) < 4.78 is 0. The third-order valence-corrected chi connectivity index (χ3v) is 2.87. The van der Waals surface area contributed by atoms with E-state index in [9.17, 15) is 5.11 Å². The fourth-order valence-electron chi connectivity index (χ4n) is 1.53. The Hall–Kier alpha value is -0.820. The highest BCUT2D eigenvalue weighted by atomic mass is 16.3. The van der Waals surface area contributed by atoms with Crippen molar-refractivity contribution in [1.29, 1.82) is 0 Å². The molecular weight excluding hydrogens is 160 g/mol. The SMILES string of the molecule is CCC(C)(O)c1cccc(C)c1C. The first-order chi connectivity index (χ1) is 5.99. The second-order valence-corrected chi connectivity index (χ2v) is 3.87. The molecule has 0 radical (unpaired) electrons. The lowest BCUT2D eigenvalue weighted by atomic mass is 9.88. The molecule has 0 aliphatic rings. The van der Waals surface area contributed by atoms with Crippen LogP contribution in [0.3, 0.4) is 0 Å². The number of hydrogen-bond acceptors (Lipinski definition) is 1. The first-order valence-electron chi connectivity index (χ1n) is 4.78. The minimum Gasteiger partial charge on any atom is -0.385 e. The normalized spacial score (nSPS) is 15.5. The molecule has 0 heterocycles. The fraction of sp³-hybridized carbons (Fsp3) is 0.500. The van der Waals surface area contributed by atoms with Gasteiger partial charge in [-0.3, -0.25) is 0 Å². The van der Waals surface area contributed by atoms with Gasteiger partial charge in [-0.05, 0) is 43.9 Å². The molecule has 0 fully saturated rings. The number of aliphatic hydroxyl groups is 1. The molecule has 0 aromatic heterocycles. The van der Waals surface area contributed by atoms with Crippen molar-refractivity contribution in [2.45, 2.75) is 39.7 Å². The summed E-state index contributed by atoms with van der Waals surface area (Å²) in [6.45, 7) is 8.01. The van der Waals surface area contributed by atoms with E-state index < -0.39 is 5.60 Å². The van der Waals surface area contributed by atoms with Gasteiger partial charge in [0, 0.05) is 0 Å². The van der Waals surface area contributed by atoms with Gasteiger partial charge in [-0.25, -0.2) is 0 Å². The molecular formula is C12H18O.